The first kappa shape index (κ1) is 18.1. The van der Waals surface area contributed by atoms with Crippen LogP contribution in [0.25, 0.3) is 0 Å². The number of benzene rings is 2. The van der Waals surface area contributed by atoms with Gasteiger partial charge in [0.25, 0.3) is 5.91 Å². The van der Waals surface area contributed by atoms with Crippen molar-refractivity contribution >= 4 is 35.1 Å². The Morgan fingerprint density at radius 2 is 1.88 bits per heavy atom. The van der Waals surface area contributed by atoms with E-state index in [1.165, 1.54) is 29.7 Å². The fourth-order valence-electron chi connectivity index (χ4n) is 2.08. The molecule has 0 atom stereocenters. The number of hydrogen-bond acceptors (Lipinski definition) is 4. The number of ether oxygens (including phenoxy) is 1. The van der Waals surface area contributed by atoms with Crippen molar-refractivity contribution in [1.82, 2.24) is 5.43 Å². The Morgan fingerprint density at radius 1 is 1.15 bits per heavy atom. The second kappa shape index (κ2) is 8.60. The molecule has 0 aliphatic heterocycles. The normalized spacial score (nSPS) is 10.8. The SMILES string of the molecule is O=C(N/N=C\c1ccc(Cl)cc1)c1sccc1OCc1ccc(F)cc1. The van der Waals surface area contributed by atoms with Crippen molar-refractivity contribution in [3.05, 3.63) is 86.8 Å². The number of carbonyl (C=O) groups is 1. The lowest BCUT2D eigenvalue weighted by molar-refractivity contribution is 0.0955. The Morgan fingerprint density at radius 3 is 2.62 bits per heavy atom. The molecule has 1 amide bonds. The maximum atomic E-state index is 12.9. The third-order valence-electron chi connectivity index (χ3n) is 3.39. The van der Waals surface area contributed by atoms with Gasteiger partial charge in [-0.15, -0.1) is 11.3 Å². The lowest BCUT2D eigenvalue weighted by Crippen LogP contribution is -2.17. The summed E-state index contributed by atoms with van der Waals surface area (Å²) in [5, 5.41) is 6.33. The fourth-order valence-corrected chi connectivity index (χ4v) is 2.93. The maximum absolute atomic E-state index is 12.9. The molecule has 4 nitrogen and oxygen atoms in total. The zero-order valence-corrected chi connectivity index (χ0v) is 15.1. The van der Waals surface area contributed by atoms with Gasteiger partial charge in [0.15, 0.2) is 0 Å². The molecule has 0 bridgehead atoms. The van der Waals surface area contributed by atoms with E-state index in [4.69, 9.17) is 16.3 Å². The van der Waals surface area contributed by atoms with E-state index in [1.54, 1.807) is 47.8 Å². The average molecular weight is 389 g/mol. The Balaban J connectivity index is 1.59. The molecule has 0 radical (unpaired) electrons. The van der Waals surface area contributed by atoms with Crippen LogP contribution in [-0.4, -0.2) is 12.1 Å². The van der Waals surface area contributed by atoms with Gasteiger partial charge in [-0.25, -0.2) is 9.82 Å². The number of thiophene rings is 1. The van der Waals surface area contributed by atoms with Gasteiger partial charge in [-0.1, -0.05) is 35.9 Å². The highest BCUT2D eigenvalue weighted by molar-refractivity contribution is 7.12. The van der Waals surface area contributed by atoms with Crippen LogP contribution >= 0.6 is 22.9 Å². The van der Waals surface area contributed by atoms with E-state index in [9.17, 15) is 9.18 Å². The maximum Gasteiger partial charge on any atom is 0.285 e. The molecular weight excluding hydrogens is 375 g/mol. The topological polar surface area (TPSA) is 50.7 Å². The monoisotopic (exact) mass is 388 g/mol. The molecule has 0 aliphatic rings. The second-order valence-corrected chi connectivity index (χ2v) is 6.63. The van der Waals surface area contributed by atoms with E-state index in [1.807, 2.05) is 0 Å². The van der Waals surface area contributed by atoms with Crippen molar-refractivity contribution in [2.45, 2.75) is 6.61 Å². The average Bonchev–Trinajstić information content (AvgIpc) is 3.11. The first-order chi connectivity index (χ1) is 12.6. The Kier molecular flexibility index (Phi) is 5.99. The van der Waals surface area contributed by atoms with E-state index >= 15 is 0 Å². The zero-order valence-electron chi connectivity index (χ0n) is 13.5. The van der Waals surface area contributed by atoms with Crippen molar-refractivity contribution in [3.63, 3.8) is 0 Å². The molecule has 1 heterocycles. The molecule has 0 spiro atoms. The molecular formula is C19H14ClFN2O2S. The largest absolute Gasteiger partial charge is 0.487 e. The summed E-state index contributed by atoms with van der Waals surface area (Å²) in [7, 11) is 0. The van der Waals surface area contributed by atoms with E-state index < -0.39 is 0 Å². The van der Waals surface area contributed by atoms with Crippen LogP contribution in [0.5, 0.6) is 5.75 Å². The number of hydrazone groups is 1. The first-order valence-corrected chi connectivity index (χ1v) is 8.91. The van der Waals surface area contributed by atoms with Crippen molar-refractivity contribution in [1.29, 1.82) is 0 Å². The minimum atomic E-state index is -0.362. The Bertz CT molecular complexity index is 908. The number of rotatable bonds is 6. The highest BCUT2D eigenvalue weighted by Gasteiger charge is 2.14. The molecule has 0 saturated carbocycles. The molecule has 0 fully saturated rings. The van der Waals surface area contributed by atoms with E-state index in [0.717, 1.165) is 11.1 Å². The minimum Gasteiger partial charge on any atom is -0.487 e. The Hall–Kier alpha value is -2.70. The summed E-state index contributed by atoms with van der Waals surface area (Å²) in [5.41, 5.74) is 4.10. The molecule has 0 aliphatic carbocycles. The molecule has 7 heteroatoms. The Labute approximate surface area is 158 Å². The van der Waals surface area contributed by atoms with E-state index in [2.05, 4.69) is 10.5 Å². The van der Waals surface area contributed by atoms with Crippen LogP contribution in [0.15, 0.2) is 65.1 Å². The van der Waals surface area contributed by atoms with Crippen LogP contribution in [0.4, 0.5) is 4.39 Å². The van der Waals surface area contributed by atoms with Crippen LogP contribution in [0.3, 0.4) is 0 Å². The van der Waals surface area contributed by atoms with Crippen LogP contribution < -0.4 is 10.2 Å². The molecule has 0 saturated heterocycles. The predicted octanol–water partition coefficient (Wildman–Crippen LogP) is 4.88. The predicted molar refractivity (Wildman–Crippen MR) is 102 cm³/mol. The van der Waals surface area contributed by atoms with Gasteiger partial charge in [-0.05, 0) is 46.8 Å². The number of nitrogens with zero attached hydrogens (tertiary/aromatic N) is 1. The first-order valence-electron chi connectivity index (χ1n) is 7.65. The molecule has 3 rings (SSSR count). The number of nitrogens with one attached hydrogen (secondary N) is 1. The zero-order chi connectivity index (χ0) is 18.4. The van der Waals surface area contributed by atoms with Crippen molar-refractivity contribution in [2.24, 2.45) is 5.10 Å². The second-order valence-electron chi connectivity index (χ2n) is 5.28. The van der Waals surface area contributed by atoms with Crippen LogP contribution in [0, 0.1) is 5.82 Å². The van der Waals surface area contributed by atoms with Gasteiger partial charge in [-0.2, -0.15) is 5.10 Å². The summed E-state index contributed by atoms with van der Waals surface area (Å²) in [6, 6.07) is 14.8. The molecule has 0 unspecified atom stereocenters. The van der Waals surface area contributed by atoms with E-state index in [0.29, 0.717) is 15.6 Å². The summed E-state index contributed by atoms with van der Waals surface area (Å²) in [5.74, 6) is -0.208. The third-order valence-corrected chi connectivity index (χ3v) is 4.54. The lowest BCUT2D eigenvalue weighted by atomic mass is 10.2. The van der Waals surface area contributed by atoms with Gasteiger partial charge in [-0.3, -0.25) is 4.79 Å². The summed E-state index contributed by atoms with van der Waals surface area (Å²) < 4.78 is 18.6. The number of halogens is 2. The van der Waals surface area contributed by atoms with E-state index in [-0.39, 0.29) is 18.3 Å². The molecule has 26 heavy (non-hydrogen) atoms. The van der Waals surface area contributed by atoms with Crippen LogP contribution in [-0.2, 0) is 6.61 Å². The van der Waals surface area contributed by atoms with Crippen LogP contribution in [0.1, 0.15) is 20.8 Å². The molecule has 3 aromatic rings. The molecule has 2 aromatic carbocycles. The van der Waals surface area contributed by atoms with Crippen molar-refractivity contribution < 1.29 is 13.9 Å². The summed E-state index contributed by atoms with van der Waals surface area (Å²) in [6.07, 6.45) is 1.53. The van der Waals surface area contributed by atoms with Gasteiger partial charge in [0.1, 0.15) is 23.1 Å². The summed E-state index contributed by atoms with van der Waals surface area (Å²) >= 11 is 7.07. The third kappa shape index (κ3) is 4.91. The van der Waals surface area contributed by atoms with Crippen molar-refractivity contribution in [2.75, 3.05) is 0 Å². The van der Waals surface area contributed by atoms with Crippen molar-refractivity contribution in [3.8, 4) is 5.75 Å². The van der Waals surface area contributed by atoms with Gasteiger partial charge in [0.2, 0.25) is 0 Å². The van der Waals surface area contributed by atoms with Gasteiger partial charge in [0, 0.05) is 5.02 Å². The highest BCUT2D eigenvalue weighted by atomic mass is 35.5. The number of hydrogen-bond donors (Lipinski definition) is 1. The number of carbonyl (C=O) groups excluding carboxylic acids is 1. The standard InChI is InChI=1S/C19H14ClFN2O2S/c20-15-5-1-13(2-6-15)11-22-23-19(24)18-17(9-10-26-18)25-12-14-3-7-16(21)8-4-14/h1-11H,12H2,(H,23,24)/b22-11-. The quantitative estimate of drug-likeness (QED) is 0.483. The highest BCUT2D eigenvalue weighted by Crippen LogP contribution is 2.25. The minimum absolute atomic E-state index is 0.241. The number of amides is 1. The smallest absolute Gasteiger partial charge is 0.285 e. The lowest BCUT2D eigenvalue weighted by Gasteiger charge is -2.06. The van der Waals surface area contributed by atoms with Crippen LogP contribution in [0.2, 0.25) is 5.02 Å². The molecule has 1 aromatic heterocycles. The van der Waals surface area contributed by atoms with Gasteiger partial charge >= 0.3 is 0 Å². The fraction of sp³-hybridized carbons (Fsp3) is 0.0526. The summed E-state index contributed by atoms with van der Waals surface area (Å²) in [4.78, 5) is 12.7. The van der Waals surface area contributed by atoms with Gasteiger partial charge < -0.3 is 4.74 Å². The molecule has 1 N–H and O–H groups in total. The molecule has 132 valence electrons. The summed E-state index contributed by atoms with van der Waals surface area (Å²) in [6.45, 7) is 0.241. The van der Waals surface area contributed by atoms with Gasteiger partial charge in [0.05, 0.1) is 6.21 Å².